The molecule has 0 aliphatic heterocycles. The molecule has 6 nitrogen and oxygen atoms in total. The van der Waals surface area contributed by atoms with Crippen LogP contribution in [0.2, 0.25) is 5.02 Å². The van der Waals surface area contributed by atoms with Crippen LogP contribution in [0.15, 0.2) is 47.7 Å². The molecule has 0 bridgehead atoms. The average molecular weight is 430 g/mol. The van der Waals surface area contributed by atoms with Crippen molar-refractivity contribution in [1.82, 2.24) is 15.1 Å². The first-order valence-electron chi connectivity index (χ1n) is 8.00. The van der Waals surface area contributed by atoms with Crippen molar-refractivity contribution in [2.24, 2.45) is 17.8 Å². The second kappa shape index (κ2) is 8.48. The summed E-state index contributed by atoms with van der Waals surface area (Å²) in [5.74, 6) is -1.96. The van der Waals surface area contributed by atoms with Gasteiger partial charge in [-0.15, -0.1) is 0 Å². The number of amides is 1. The van der Waals surface area contributed by atoms with Crippen LogP contribution in [0.4, 0.5) is 17.6 Å². The van der Waals surface area contributed by atoms with Gasteiger partial charge in [0.1, 0.15) is 11.7 Å². The van der Waals surface area contributed by atoms with Crippen LogP contribution in [0.25, 0.3) is 5.57 Å². The van der Waals surface area contributed by atoms with Gasteiger partial charge >= 0.3 is 6.18 Å². The van der Waals surface area contributed by atoms with Gasteiger partial charge in [0, 0.05) is 12.6 Å². The van der Waals surface area contributed by atoms with E-state index in [4.69, 9.17) is 17.3 Å². The molecule has 11 heteroatoms. The smallest absolute Gasteiger partial charge is 0.383 e. The summed E-state index contributed by atoms with van der Waals surface area (Å²) >= 11 is 5.64. The van der Waals surface area contributed by atoms with Gasteiger partial charge in [-0.25, -0.2) is 9.38 Å². The number of hydrogen-bond acceptors (Lipinski definition) is 4. The number of aliphatic imine (C=N–C) groups is 1. The van der Waals surface area contributed by atoms with Gasteiger partial charge < -0.3 is 11.1 Å². The van der Waals surface area contributed by atoms with Crippen molar-refractivity contribution in [2.75, 3.05) is 0 Å². The van der Waals surface area contributed by atoms with Gasteiger partial charge in [0.2, 0.25) is 0 Å². The third-order valence-corrected chi connectivity index (χ3v) is 4.00. The van der Waals surface area contributed by atoms with E-state index in [2.05, 4.69) is 22.0 Å². The van der Waals surface area contributed by atoms with Gasteiger partial charge in [0.25, 0.3) is 5.91 Å². The lowest BCUT2D eigenvalue weighted by atomic mass is 10.1. The summed E-state index contributed by atoms with van der Waals surface area (Å²) < 4.78 is 53.5. The lowest BCUT2D eigenvalue weighted by Gasteiger charge is -2.08. The molecule has 2 rings (SSSR count). The Hall–Kier alpha value is -3.14. The fourth-order valence-corrected chi connectivity index (χ4v) is 2.55. The number of carbonyl (C=O) groups excluding carboxylic acids is 1. The van der Waals surface area contributed by atoms with E-state index in [1.165, 1.54) is 38.2 Å². The largest absolute Gasteiger partial charge is 0.435 e. The van der Waals surface area contributed by atoms with Crippen LogP contribution in [0, 0.1) is 5.82 Å². The van der Waals surface area contributed by atoms with E-state index in [0.29, 0.717) is 0 Å². The Bertz CT molecular complexity index is 1020. The van der Waals surface area contributed by atoms with E-state index in [1.54, 1.807) is 0 Å². The number of amidine groups is 1. The van der Waals surface area contributed by atoms with Crippen molar-refractivity contribution in [3.63, 3.8) is 0 Å². The first-order valence-corrected chi connectivity index (χ1v) is 8.38. The number of alkyl halides is 3. The number of aryl methyl sites for hydroxylation is 1. The molecule has 0 aliphatic rings. The minimum absolute atomic E-state index is 0.0218. The van der Waals surface area contributed by atoms with E-state index < -0.39 is 23.6 Å². The Balaban J connectivity index is 2.34. The fraction of sp³-hybridized carbons (Fsp3) is 0.167. The number of halogens is 5. The zero-order chi connectivity index (χ0) is 21.9. The summed E-state index contributed by atoms with van der Waals surface area (Å²) in [4.78, 5) is 16.1. The van der Waals surface area contributed by atoms with Gasteiger partial charge in [-0.05, 0) is 25.1 Å². The molecule has 1 aromatic heterocycles. The molecule has 154 valence electrons. The third kappa shape index (κ3) is 5.02. The highest BCUT2D eigenvalue weighted by atomic mass is 35.5. The molecule has 29 heavy (non-hydrogen) atoms. The van der Waals surface area contributed by atoms with Crippen molar-refractivity contribution in [3.8, 4) is 0 Å². The van der Waals surface area contributed by atoms with Crippen molar-refractivity contribution < 1.29 is 22.4 Å². The van der Waals surface area contributed by atoms with E-state index in [9.17, 15) is 22.4 Å². The van der Waals surface area contributed by atoms with E-state index >= 15 is 0 Å². The molecule has 1 heterocycles. The molecule has 3 N–H and O–H groups in total. The SMILES string of the molecule is C=C/C(=C(N)\N=C(/C)NC(=O)c1cccc(Cl)c1F)c1cc(C(F)(F)F)nn1C. The van der Waals surface area contributed by atoms with E-state index in [0.717, 1.165) is 10.7 Å². The maximum atomic E-state index is 13.9. The van der Waals surface area contributed by atoms with Crippen LogP contribution in [-0.4, -0.2) is 21.5 Å². The maximum Gasteiger partial charge on any atom is 0.435 e. The molecule has 0 spiro atoms. The van der Waals surface area contributed by atoms with Gasteiger partial charge in [0.15, 0.2) is 11.5 Å². The summed E-state index contributed by atoms with van der Waals surface area (Å²) in [7, 11) is 1.31. The molecule has 2 aromatic rings. The summed E-state index contributed by atoms with van der Waals surface area (Å²) in [5.41, 5.74) is 4.55. The minimum atomic E-state index is -4.63. The number of allylic oxidation sites excluding steroid dienone is 2. The normalized spacial score (nSPS) is 13.1. The molecule has 0 atom stereocenters. The van der Waals surface area contributed by atoms with Crippen LogP contribution >= 0.6 is 11.6 Å². The molecule has 1 aromatic carbocycles. The number of nitrogens with zero attached hydrogens (tertiary/aromatic N) is 3. The molecular weight excluding hydrogens is 414 g/mol. The van der Waals surface area contributed by atoms with Crippen molar-refractivity contribution in [1.29, 1.82) is 0 Å². The highest BCUT2D eigenvalue weighted by Gasteiger charge is 2.35. The number of nitrogens with one attached hydrogen (secondary N) is 1. The average Bonchev–Trinajstić information content (AvgIpc) is 2.99. The zero-order valence-electron chi connectivity index (χ0n) is 15.3. The number of rotatable bonds is 4. The highest BCUT2D eigenvalue weighted by Crippen LogP contribution is 2.30. The molecule has 0 saturated heterocycles. The van der Waals surface area contributed by atoms with E-state index in [-0.39, 0.29) is 33.5 Å². The summed E-state index contributed by atoms with van der Waals surface area (Å²) in [6.07, 6.45) is -3.42. The first kappa shape index (κ1) is 22.2. The van der Waals surface area contributed by atoms with Crippen molar-refractivity contribution >= 4 is 28.9 Å². The predicted molar refractivity (Wildman–Crippen MR) is 101 cm³/mol. The number of hydrogen-bond donors (Lipinski definition) is 2. The molecule has 0 radical (unpaired) electrons. The van der Waals surface area contributed by atoms with E-state index in [1.807, 2.05) is 0 Å². The predicted octanol–water partition coefficient (Wildman–Crippen LogP) is 3.89. The molecule has 0 fully saturated rings. The lowest BCUT2D eigenvalue weighted by Crippen LogP contribution is -2.29. The van der Waals surface area contributed by atoms with Crippen LogP contribution in [0.1, 0.15) is 28.7 Å². The maximum absolute atomic E-state index is 13.9. The topological polar surface area (TPSA) is 85.3 Å². The Kier molecular flexibility index (Phi) is 6.48. The number of aromatic nitrogens is 2. The number of nitrogens with two attached hydrogens (primary N) is 1. The molecule has 0 aliphatic carbocycles. The molecular formula is C18H16ClF4N5O. The lowest BCUT2D eigenvalue weighted by molar-refractivity contribution is -0.141. The molecule has 0 unspecified atom stereocenters. The summed E-state index contributed by atoms with van der Waals surface area (Å²) in [6.45, 7) is 4.90. The van der Waals surface area contributed by atoms with Gasteiger partial charge in [-0.3, -0.25) is 9.48 Å². The summed E-state index contributed by atoms with van der Waals surface area (Å²) in [6, 6.07) is 4.72. The Morgan fingerprint density at radius 1 is 1.41 bits per heavy atom. The zero-order valence-corrected chi connectivity index (χ0v) is 16.1. The van der Waals surface area contributed by atoms with Crippen molar-refractivity contribution in [3.05, 3.63) is 70.5 Å². The monoisotopic (exact) mass is 429 g/mol. The van der Waals surface area contributed by atoms with Gasteiger partial charge in [-0.1, -0.05) is 30.3 Å². The second-order valence-corrected chi connectivity index (χ2v) is 6.20. The molecule has 1 amide bonds. The molecule has 0 saturated carbocycles. The summed E-state index contributed by atoms with van der Waals surface area (Å²) in [5, 5.41) is 5.51. The van der Waals surface area contributed by atoms with Crippen molar-refractivity contribution in [2.45, 2.75) is 13.1 Å². The highest BCUT2D eigenvalue weighted by molar-refractivity contribution is 6.31. The standard InChI is InChI=1S/C18H16ClF4N5O/c1-4-10(13-8-14(18(21,22)23)27-28(13)3)16(24)25-9(2)26-17(29)11-6-5-7-12(19)15(11)20/h4-8H,1,24H2,2-3H3,(H,25,26,29)/b16-10+. The van der Waals surface area contributed by atoms with Gasteiger partial charge in [-0.2, -0.15) is 18.3 Å². The number of carbonyl (C=O) groups is 1. The number of benzene rings is 1. The Labute approximate surface area is 168 Å². The minimum Gasteiger partial charge on any atom is -0.383 e. The van der Waals surface area contributed by atoms with Crippen LogP contribution in [-0.2, 0) is 13.2 Å². The third-order valence-electron chi connectivity index (χ3n) is 3.71. The first-order chi connectivity index (χ1) is 13.5. The Morgan fingerprint density at radius 2 is 2.07 bits per heavy atom. The van der Waals surface area contributed by atoms with Crippen LogP contribution in [0.3, 0.4) is 0 Å². The van der Waals surface area contributed by atoms with Gasteiger partial charge in [0.05, 0.1) is 16.3 Å². The second-order valence-electron chi connectivity index (χ2n) is 5.79. The Morgan fingerprint density at radius 3 is 2.62 bits per heavy atom. The van der Waals surface area contributed by atoms with Crippen LogP contribution < -0.4 is 11.1 Å². The quantitative estimate of drug-likeness (QED) is 0.334. The fourth-order valence-electron chi connectivity index (χ4n) is 2.38. The van der Waals surface area contributed by atoms with Crippen LogP contribution in [0.5, 0.6) is 0 Å².